The first kappa shape index (κ1) is 19.8. The Bertz CT molecular complexity index is 581. The standard InChI is InChI=1S/C18H23FO5/c1-4-15(20)13(16(21)5-2)7-6-10-24-17-11-12(18(22)23-3)8-9-14(17)19/h8-9,11,13H,4-7,10H2,1-3H3. The molecule has 0 bridgehead atoms. The van der Waals surface area contributed by atoms with Gasteiger partial charge in [-0.25, -0.2) is 9.18 Å². The molecule has 132 valence electrons. The van der Waals surface area contributed by atoms with Crippen LogP contribution in [0.5, 0.6) is 5.75 Å². The average molecular weight is 338 g/mol. The third-order valence-corrected chi connectivity index (χ3v) is 3.72. The van der Waals surface area contributed by atoms with Crippen LogP contribution in [-0.2, 0) is 14.3 Å². The second-order valence-corrected chi connectivity index (χ2v) is 5.32. The maximum Gasteiger partial charge on any atom is 0.337 e. The Hall–Kier alpha value is -2.24. The smallest absolute Gasteiger partial charge is 0.337 e. The monoisotopic (exact) mass is 338 g/mol. The Morgan fingerprint density at radius 3 is 2.29 bits per heavy atom. The van der Waals surface area contributed by atoms with E-state index in [0.717, 1.165) is 6.07 Å². The molecule has 0 radical (unpaired) electrons. The molecule has 0 atom stereocenters. The molecule has 0 aliphatic carbocycles. The van der Waals surface area contributed by atoms with Gasteiger partial charge in [0.2, 0.25) is 0 Å². The number of esters is 1. The van der Waals surface area contributed by atoms with Gasteiger partial charge in [-0.1, -0.05) is 13.8 Å². The Labute approximate surface area is 141 Å². The molecule has 5 nitrogen and oxygen atoms in total. The van der Waals surface area contributed by atoms with Crippen LogP contribution >= 0.6 is 0 Å². The van der Waals surface area contributed by atoms with Crippen molar-refractivity contribution in [3.63, 3.8) is 0 Å². The van der Waals surface area contributed by atoms with Crippen LogP contribution in [0, 0.1) is 11.7 Å². The molecule has 0 aliphatic rings. The zero-order valence-electron chi connectivity index (χ0n) is 14.3. The zero-order valence-corrected chi connectivity index (χ0v) is 14.3. The SMILES string of the molecule is CCC(=O)C(CCCOc1cc(C(=O)OC)ccc1F)C(=O)CC. The predicted molar refractivity (Wildman–Crippen MR) is 86.6 cm³/mol. The first-order valence-corrected chi connectivity index (χ1v) is 8.00. The number of hydrogen-bond acceptors (Lipinski definition) is 5. The van der Waals surface area contributed by atoms with Crippen LogP contribution in [-0.4, -0.2) is 31.3 Å². The van der Waals surface area contributed by atoms with Gasteiger partial charge >= 0.3 is 5.97 Å². The summed E-state index contributed by atoms with van der Waals surface area (Å²) in [6.07, 6.45) is 1.43. The van der Waals surface area contributed by atoms with Crippen molar-refractivity contribution in [1.82, 2.24) is 0 Å². The summed E-state index contributed by atoms with van der Waals surface area (Å²) in [6, 6.07) is 3.71. The first-order chi connectivity index (χ1) is 11.4. The van der Waals surface area contributed by atoms with E-state index in [1.165, 1.54) is 19.2 Å². The van der Waals surface area contributed by atoms with E-state index in [4.69, 9.17) is 4.74 Å². The first-order valence-electron chi connectivity index (χ1n) is 8.00. The lowest BCUT2D eigenvalue weighted by Gasteiger charge is -2.13. The molecule has 1 rings (SSSR count). The van der Waals surface area contributed by atoms with Crippen molar-refractivity contribution in [3.8, 4) is 5.75 Å². The Kier molecular flexibility index (Phi) is 8.09. The molecule has 0 saturated carbocycles. The van der Waals surface area contributed by atoms with E-state index >= 15 is 0 Å². The van der Waals surface area contributed by atoms with Crippen LogP contribution < -0.4 is 4.74 Å². The van der Waals surface area contributed by atoms with Crippen molar-refractivity contribution in [1.29, 1.82) is 0 Å². The predicted octanol–water partition coefficient (Wildman–Crippen LogP) is 3.35. The number of carbonyl (C=O) groups excluding carboxylic acids is 3. The topological polar surface area (TPSA) is 69.7 Å². The van der Waals surface area contributed by atoms with Crippen LogP contribution in [0.25, 0.3) is 0 Å². The van der Waals surface area contributed by atoms with Gasteiger partial charge in [0.25, 0.3) is 0 Å². The summed E-state index contributed by atoms with van der Waals surface area (Å²) in [6.45, 7) is 3.59. The molecule has 0 spiro atoms. The fourth-order valence-electron chi connectivity index (χ4n) is 2.32. The van der Waals surface area contributed by atoms with Gasteiger partial charge in [-0.15, -0.1) is 0 Å². The van der Waals surface area contributed by atoms with Crippen LogP contribution in [0.15, 0.2) is 18.2 Å². The molecule has 0 amide bonds. The largest absolute Gasteiger partial charge is 0.490 e. The summed E-state index contributed by atoms with van der Waals surface area (Å²) in [5.41, 5.74) is 0.189. The molecule has 24 heavy (non-hydrogen) atoms. The number of hydrogen-bond donors (Lipinski definition) is 0. The third-order valence-electron chi connectivity index (χ3n) is 3.72. The highest BCUT2D eigenvalue weighted by atomic mass is 19.1. The van der Waals surface area contributed by atoms with Gasteiger partial charge in [0.05, 0.1) is 25.2 Å². The van der Waals surface area contributed by atoms with Crippen LogP contribution in [0.1, 0.15) is 49.9 Å². The molecular formula is C18H23FO5. The molecular weight excluding hydrogens is 315 g/mol. The van der Waals surface area contributed by atoms with Crippen molar-refractivity contribution in [3.05, 3.63) is 29.6 Å². The highest BCUT2D eigenvalue weighted by molar-refractivity contribution is 6.02. The summed E-state index contributed by atoms with van der Waals surface area (Å²) < 4.78 is 23.6. The number of rotatable bonds is 10. The summed E-state index contributed by atoms with van der Waals surface area (Å²) in [4.78, 5) is 35.1. The van der Waals surface area contributed by atoms with Gasteiger partial charge in [-0.05, 0) is 31.0 Å². The van der Waals surface area contributed by atoms with E-state index in [9.17, 15) is 18.8 Å². The molecule has 6 heteroatoms. The fraction of sp³-hybridized carbons (Fsp3) is 0.500. The Balaban J connectivity index is 2.62. The van der Waals surface area contributed by atoms with E-state index < -0.39 is 17.7 Å². The Morgan fingerprint density at radius 1 is 1.12 bits per heavy atom. The lowest BCUT2D eigenvalue weighted by Crippen LogP contribution is -2.23. The molecule has 0 fully saturated rings. The lowest BCUT2D eigenvalue weighted by molar-refractivity contribution is -0.132. The number of Topliss-reactive ketones (excluding diaryl/α,β-unsaturated/α-hetero) is 2. The fourth-order valence-corrected chi connectivity index (χ4v) is 2.32. The highest BCUT2D eigenvalue weighted by Crippen LogP contribution is 2.20. The molecule has 0 unspecified atom stereocenters. The maximum atomic E-state index is 13.7. The number of ketones is 2. The molecule has 0 heterocycles. The molecule has 1 aromatic rings. The molecule has 0 aliphatic heterocycles. The summed E-state index contributed by atoms with van der Waals surface area (Å²) in [5.74, 6) is -2.01. The van der Waals surface area contributed by atoms with Gasteiger partial charge in [0, 0.05) is 12.8 Å². The van der Waals surface area contributed by atoms with E-state index in [1.54, 1.807) is 13.8 Å². The average Bonchev–Trinajstić information content (AvgIpc) is 2.61. The summed E-state index contributed by atoms with van der Waals surface area (Å²) in [5, 5.41) is 0. The number of halogens is 1. The van der Waals surface area contributed by atoms with E-state index in [2.05, 4.69) is 4.74 Å². The van der Waals surface area contributed by atoms with Gasteiger partial charge < -0.3 is 9.47 Å². The maximum absolute atomic E-state index is 13.7. The van der Waals surface area contributed by atoms with Crippen LogP contribution in [0.3, 0.4) is 0 Å². The van der Waals surface area contributed by atoms with Crippen molar-refractivity contribution < 1.29 is 28.2 Å². The quantitative estimate of drug-likeness (QED) is 0.372. The van der Waals surface area contributed by atoms with Gasteiger partial charge in [-0.3, -0.25) is 9.59 Å². The minimum absolute atomic E-state index is 0.0573. The normalized spacial score (nSPS) is 10.5. The van der Waals surface area contributed by atoms with Crippen molar-refractivity contribution in [2.24, 2.45) is 5.92 Å². The number of ether oxygens (including phenoxy) is 2. The summed E-state index contributed by atoms with van der Waals surface area (Å²) >= 11 is 0. The van der Waals surface area contributed by atoms with Crippen molar-refractivity contribution in [2.75, 3.05) is 13.7 Å². The van der Waals surface area contributed by atoms with Crippen molar-refractivity contribution in [2.45, 2.75) is 39.5 Å². The highest BCUT2D eigenvalue weighted by Gasteiger charge is 2.23. The molecule has 0 N–H and O–H groups in total. The van der Waals surface area contributed by atoms with E-state index in [1.807, 2.05) is 0 Å². The second kappa shape index (κ2) is 9.80. The van der Waals surface area contributed by atoms with Gasteiger partial charge in [-0.2, -0.15) is 0 Å². The molecule has 0 saturated heterocycles. The van der Waals surface area contributed by atoms with Gasteiger partial charge in [0.15, 0.2) is 11.6 Å². The van der Waals surface area contributed by atoms with Crippen LogP contribution in [0.2, 0.25) is 0 Å². The second-order valence-electron chi connectivity index (χ2n) is 5.32. The Morgan fingerprint density at radius 2 is 1.75 bits per heavy atom. The van der Waals surface area contributed by atoms with E-state index in [0.29, 0.717) is 25.7 Å². The lowest BCUT2D eigenvalue weighted by atomic mass is 9.91. The minimum Gasteiger partial charge on any atom is -0.490 e. The minimum atomic E-state index is -0.616. The zero-order chi connectivity index (χ0) is 18.1. The molecule has 1 aromatic carbocycles. The van der Waals surface area contributed by atoms with Gasteiger partial charge in [0.1, 0.15) is 11.6 Å². The number of benzene rings is 1. The number of carbonyl (C=O) groups is 3. The van der Waals surface area contributed by atoms with Crippen LogP contribution in [0.4, 0.5) is 4.39 Å². The number of methoxy groups -OCH3 is 1. The van der Waals surface area contributed by atoms with Crippen molar-refractivity contribution >= 4 is 17.5 Å². The third kappa shape index (κ3) is 5.44. The molecule has 0 aromatic heterocycles. The summed E-state index contributed by atoms with van der Waals surface area (Å²) in [7, 11) is 1.24. The van der Waals surface area contributed by atoms with E-state index in [-0.39, 0.29) is 29.5 Å².